The Morgan fingerprint density at radius 2 is 1.83 bits per heavy atom. The molecule has 0 radical (unpaired) electrons. The average molecular weight is 182 g/mol. The number of nitrogens with one attached hydrogen (secondary N) is 1. The normalized spacial score (nSPS) is 12.5. The third-order valence-electron chi connectivity index (χ3n) is 1.52. The van der Waals surface area contributed by atoms with Gasteiger partial charge in [0.1, 0.15) is 0 Å². The summed E-state index contributed by atoms with van der Waals surface area (Å²) in [5, 5.41) is 0. The van der Waals surface area contributed by atoms with E-state index in [-0.39, 0.29) is 0 Å². The van der Waals surface area contributed by atoms with Gasteiger partial charge >= 0.3 is 6.09 Å². The predicted octanol–water partition coefficient (Wildman–Crippen LogP) is 1.02. The number of nitrogens with two attached hydrogens (primary N) is 1. The van der Waals surface area contributed by atoms with E-state index in [0.29, 0.717) is 6.92 Å². The third kappa shape index (κ3) is 2.61. The topological polar surface area (TPSA) is 64.3 Å². The Morgan fingerprint density at radius 3 is 2.08 bits per heavy atom. The molecule has 0 rings (SSSR count). The van der Waals surface area contributed by atoms with Crippen LogP contribution in [0.4, 0.5) is 13.6 Å². The van der Waals surface area contributed by atoms with Crippen molar-refractivity contribution in [1.82, 2.24) is 5.43 Å². The zero-order valence-corrected chi connectivity index (χ0v) is 7.15. The van der Waals surface area contributed by atoms with Gasteiger partial charge in [0.2, 0.25) is 0 Å². The number of hydrogen-bond donors (Lipinski definition) is 2. The van der Waals surface area contributed by atoms with Crippen LogP contribution in [0.2, 0.25) is 0 Å². The first-order valence-corrected chi connectivity index (χ1v) is 3.28. The zero-order valence-electron chi connectivity index (χ0n) is 7.15. The summed E-state index contributed by atoms with van der Waals surface area (Å²) in [7, 11) is 0. The number of amides is 1. The van der Waals surface area contributed by atoms with Gasteiger partial charge in [-0.05, 0) is 13.8 Å². The molecular weight excluding hydrogens is 170 g/mol. The molecule has 0 saturated carbocycles. The number of ether oxygens (including phenoxy) is 1. The van der Waals surface area contributed by atoms with Gasteiger partial charge in [-0.15, -0.1) is 0 Å². The molecule has 0 aromatic rings. The van der Waals surface area contributed by atoms with E-state index in [4.69, 9.17) is 0 Å². The van der Waals surface area contributed by atoms with Crippen molar-refractivity contribution in [3.05, 3.63) is 0 Å². The van der Waals surface area contributed by atoms with Gasteiger partial charge in [-0.1, -0.05) is 0 Å². The van der Waals surface area contributed by atoms with E-state index in [0.717, 1.165) is 13.8 Å². The van der Waals surface area contributed by atoms with E-state index in [1.165, 1.54) is 0 Å². The number of halogens is 2. The molecule has 0 atom stereocenters. The van der Waals surface area contributed by atoms with Gasteiger partial charge in [0.05, 0.1) is 0 Å². The molecule has 0 aromatic heterocycles. The first kappa shape index (κ1) is 11.1. The van der Waals surface area contributed by atoms with Crippen LogP contribution in [-0.2, 0) is 4.74 Å². The van der Waals surface area contributed by atoms with Gasteiger partial charge < -0.3 is 4.74 Å². The molecule has 4 nitrogen and oxygen atoms in total. The fraction of sp³-hybridized carbons (Fsp3) is 0.833. The highest BCUT2D eigenvalue weighted by atomic mass is 19.3. The van der Waals surface area contributed by atoms with E-state index >= 15 is 0 Å². The molecule has 0 saturated heterocycles. The van der Waals surface area contributed by atoms with Crippen LogP contribution in [0, 0.1) is 0 Å². The van der Waals surface area contributed by atoms with Crippen LogP contribution in [0.1, 0.15) is 20.8 Å². The summed E-state index contributed by atoms with van der Waals surface area (Å²) in [5.41, 5.74) is -0.266. The van der Waals surface area contributed by atoms with Gasteiger partial charge in [-0.2, -0.15) is 0 Å². The van der Waals surface area contributed by atoms with E-state index in [1.54, 1.807) is 5.43 Å². The van der Waals surface area contributed by atoms with Gasteiger partial charge in [0.25, 0.3) is 5.92 Å². The Balaban J connectivity index is 4.33. The summed E-state index contributed by atoms with van der Waals surface area (Å²) in [5.74, 6) is 1.54. The molecule has 0 aromatic carbocycles. The van der Waals surface area contributed by atoms with Crippen molar-refractivity contribution < 1.29 is 18.3 Å². The molecule has 0 aliphatic rings. The van der Waals surface area contributed by atoms with Crippen molar-refractivity contribution in [2.45, 2.75) is 32.3 Å². The van der Waals surface area contributed by atoms with Crippen LogP contribution in [-0.4, -0.2) is 17.6 Å². The summed E-state index contributed by atoms with van der Waals surface area (Å²) in [4.78, 5) is 10.5. The second kappa shape index (κ2) is 3.22. The lowest BCUT2D eigenvalue weighted by atomic mass is 10.0. The Bertz CT molecular complexity index is 177. The highest BCUT2D eigenvalue weighted by Gasteiger charge is 2.45. The molecule has 12 heavy (non-hydrogen) atoms. The Hall–Kier alpha value is -0.910. The maximum atomic E-state index is 12.7. The van der Waals surface area contributed by atoms with Gasteiger partial charge in [0, 0.05) is 6.92 Å². The Labute approximate surface area is 69.0 Å². The maximum absolute atomic E-state index is 12.7. The molecule has 0 spiro atoms. The third-order valence-corrected chi connectivity index (χ3v) is 1.52. The maximum Gasteiger partial charge on any atom is 0.422 e. The summed E-state index contributed by atoms with van der Waals surface area (Å²) < 4.78 is 29.6. The Kier molecular flexibility index (Phi) is 2.98. The highest BCUT2D eigenvalue weighted by molar-refractivity contribution is 5.66. The lowest BCUT2D eigenvalue weighted by Gasteiger charge is -2.30. The molecule has 6 heteroatoms. The number of rotatable bonds is 2. The molecule has 72 valence electrons. The smallest absolute Gasteiger partial charge is 0.422 e. The number of hydrogen-bond acceptors (Lipinski definition) is 3. The second-order valence-corrected chi connectivity index (χ2v) is 2.93. The standard InChI is InChI=1S/C6H12F2N2O2/c1-5(2,6(3,7)8)12-4(11)10-9/h9H2,1-3H3,(H,10,11). The van der Waals surface area contributed by atoms with Gasteiger partial charge in [-0.25, -0.2) is 19.4 Å². The van der Waals surface area contributed by atoms with Crippen LogP contribution >= 0.6 is 0 Å². The zero-order chi connectivity index (χ0) is 9.99. The molecule has 1 amide bonds. The summed E-state index contributed by atoms with van der Waals surface area (Å²) in [6, 6.07) is 0. The second-order valence-electron chi connectivity index (χ2n) is 2.93. The minimum Gasteiger partial charge on any atom is -0.436 e. The first-order valence-electron chi connectivity index (χ1n) is 3.28. The lowest BCUT2D eigenvalue weighted by molar-refractivity contribution is -0.149. The lowest BCUT2D eigenvalue weighted by Crippen LogP contribution is -2.47. The number of carbonyl (C=O) groups excluding carboxylic acids is 1. The fourth-order valence-corrected chi connectivity index (χ4v) is 0.351. The van der Waals surface area contributed by atoms with Crippen molar-refractivity contribution in [2.75, 3.05) is 0 Å². The van der Waals surface area contributed by atoms with Gasteiger partial charge in [-0.3, -0.25) is 5.43 Å². The summed E-state index contributed by atoms with van der Waals surface area (Å²) in [6.45, 7) is 2.86. The molecule has 0 bridgehead atoms. The number of hydrazine groups is 1. The van der Waals surface area contributed by atoms with Crippen LogP contribution in [0.15, 0.2) is 0 Å². The Morgan fingerprint density at radius 1 is 1.42 bits per heavy atom. The van der Waals surface area contributed by atoms with Crippen LogP contribution in [0.5, 0.6) is 0 Å². The number of carbonyl (C=O) groups is 1. The fourth-order valence-electron chi connectivity index (χ4n) is 0.351. The molecule has 0 heterocycles. The minimum atomic E-state index is -3.11. The SMILES string of the molecule is CC(F)(F)C(C)(C)OC(=O)NN. The first-order chi connectivity index (χ1) is 5.20. The van der Waals surface area contributed by atoms with Gasteiger partial charge in [0.15, 0.2) is 5.60 Å². The largest absolute Gasteiger partial charge is 0.436 e. The molecule has 0 unspecified atom stereocenters. The van der Waals surface area contributed by atoms with E-state index < -0.39 is 17.6 Å². The monoisotopic (exact) mass is 182 g/mol. The van der Waals surface area contributed by atoms with Crippen molar-refractivity contribution in [1.29, 1.82) is 0 Å². The predicted molar refractivity (Wildman–Crippen MR) is 38.5 cm³/mol. The number of alkyl halides is 2. The van der Waals surface area contributed by atoms with Crippen molar-refractivity contribution in [3.8, 4) is 0 Å². The minimum absolute atomic E-state index is 0.663. The summed E-state index contributed by atoms with van der Waals surface area (Å²) in [6.07, 6.45) is -1.08. The molecule has 3 N–H and O–H groups in total. The van der Waals surface area contributed by atoms with E-state index in [1.807, 2.05) is 0 Å². The van der Waals surface area contributed by atoms with Crippen LogP contribution < -0.4 is 11.3 Å². The molecular formula is C6H12F2N2O2. The van der Waals surface area contributed by atoms with Crippen molar-refractivity contribution >= 4 is 6.09 Å². The van der Waals surface area contributed by atoms with E-state index in [9.17, 15) is 13.6 Å². The molecule has 0 aliphatic carbocycles. The van der Waals surface area contributed by atoms with Crippen molar-refractivity contribution in [3.63, 3.8) is 0 Å². The van der Waals surface area contributed by atoms with Crippen LogP contribution in [0.25, 0.3) is 0 Å². The van der Waals surface area contributed by atoms with Crippen LogP contribution in [0.3, 0.4) is 0 Å². The quantitative estimate of drug-likeness (QED) is 0.380. The molecule has 0 aliphatic heterocycles. The van der Waals surface area contributed by atoms with Crippen molar-refractivity contribution in [2.24, 2.45) is 5.84 Å². The van der Waals surface area contributed by atoms with E-state index in [2.05, 4.69) is 10.6 Å². The average Bonchev–Trinajstić information content (AvgIpc) is 1.84. The molecule has 0 fully saturated rings. The summed E-state index contributed by atoms with van der Waals surface area (Å²) >= 11 is 0. The highest BCUT2D eigenvalue weighted by Crippen LogP contribution is 2.30.